The number of nitrogens with zero attached hydrogens (tertiary/aromatic N) is 1. The van der Waals surface area contributed by atoms with E-state index in [9.17, 15) is 0 Å². The third kappa shape index (κ3) is 1.09. The number of hydrogen-bond acceptors (Lipinski definition) is 1. The zero-order valence-electron chi connectivity index (χ0n) is 5.65. The molecule has 0 aromatic rings. The molecule has 1 atom stereocenters. The van der Waals surface area contributed by atoms with Gasteiger partial charge in [-0.05, 0) is 26.2 Å². The van der Waals surface area contributed by atoms with Crippen LogP contribution >= 0.6 is 0 Å². The van der Waals surface area contributed by atoms with E-state index in [4.69, 9.17) is 0 Å². The molecule has 1 nitrogen and oxygen atoms in total. The number of hydrogen-bond donors (Lipinski definition) is 0. The molecule has 1 aliphatic rings. The van der Waals surface area contributed by atoms with Gasteiger partial charge in [0.25, 0.3) is 0 Å². The lowest BCUT2D eigenvalue weighted by Gasteiger charge is -1.89. The smallest absolute Gasteiger partial charge is 0.0474 e. The zero-order valence-corrected chi connectivity index (χ0v) is 5.65. The summed E-state index contributed by atoms with van der Waals surface area (Å²) < 4.78 is 0. The standard InChI is InChI=1S/C7H13N/c1-3-7-5-4-6(2)8-7/h6H,3-5H2,1-2H3/t6-/m0/s1. The van der Waals surface area contributed by atoms with Crippen LogP contribution in [-0.2, 0) is 0 Å². The van der Waals surface area contributed by atoms with Gasteiger partial charge in [0.05, 0.1) is 0 Å². The van der Waals surface area contributed by atoms with Crippen LogP contribution in [0, 0.1) is 0 Å². The third-order valence-electron chi connectivity index (χ3n) is 1.66. The van der Waals surface area contributed by atoms with Crippen LogP contribution < -0.4 is 0 Å². The number of rotatable bonds is 1. The molecule has 1 rings (SSSR count). The van der Waals surface area contributed by atoms with Gasteiger partial charge in [-0.1, -0.05) is 6.92 Å². The Labute approximate surface area is 50.8 Å². The highest BCUT2D eigenvalue weighted by Gasteiger charge is 2.09. The molecule has 0 N–H and O–H groups in total. The van der Waals surface area contributed by atoms with Crippen LogP contribution in [0.4, 0.5) is 0 Å². The fraction of sp³-hybridized carbons (Fsp3) is 0.857. The lowest BCUT2D eigenvalue weighted by atomic mass is 10.2. The van der Waals surface area contributed by atoms with Crippen molar-refractivity contribution in [1.82, 2.24) is 0 Å². The van der Waals surface area contributed by atoms with E-state index in [1.807, 2.05) is 0 Å². The van der Waals surface area contributed by atoms with Gasteiger partial charge in [0.15, 0.2) is 0 Å². The van der Waals surface area contributed by atoms with Crippen molar-refractivity contribution in [3.63, 3.8) is 0 Å². The summed E-state index contributed by atoms with van der Waals surface area (Å²) in [6.45, 7) is 4.36. The molecule has 1 aliphatic heterocycles. The first kappa shape index (κ1) is 5.80. The molecule has 0 aromatic heterocycles. The molecule has 0 amide bonds. The van der Waals surface area contributed by atoms with E-state index < -0.39 is 0 Å². The maximum Gasteiger partial charge on any atom is 0.0474 e. The molecule has 0 unspecified atom stereocenters. The highest BCUT2D eigenvalue weighted by atomic mass is 14.8. The second-order valence-electron chi connectivity index (χ2n) is 2.44. The van der Waals surface area contributed by atoms with Gasteiger partial charge >= 0.3 is 0 Å². The maximum absolute atomic E-state index is 4.42. The van der Waals surface area contributed by atoms with Crippen LogP contribution in [0.15, 0.2) is 4.99 Å². The summed E-state index contributed by atoms with van der Waals surface area (Å²) in [5, 5.41) is 0. The Hall–Kier alpha value is -0.330. The Morgan fingerprint density at radius 2 is 2.50 bits per heavy atom. The van der Waals surface area contributed by atoms with Gasteiger partial charge in [-0.15, -0.1) is 0 Å². The third-order valence-corrected chi connectivity index (χ3v) is 1.66. The predicted molar refractivity (Wildman–Crippen MR) is 36.4 cm³/mol. The minimum Gasteiger partial charge on any atom is -0.291 e. The summed E-state index contributed by atoms with van der Waals surface area (Å²) in [4.78, 5) is 4.42. The van der Waals surface area contributed by atoms with Gasteiger partial charge < -0.3 is 0 Å². The van der Waals surface area contributed by atoms with E-state index in [1.54, 1.807) is 0 Å². The van der Waals surface area contributed by atoms with Crippen LogP contribution in [0.25, 0.3) is 0 Å². The summed E-state index contributed by atoms with van der Waals surface area (Å²) in [5.74, 6) is 0. The number of aliphatic imine (C=N–C) groups is 1. The van der Waals surface area contributed by atoms with Crippen LogP contribution in [0.2, 0.25) is 0 Å². The quantitative estimate of drug-likeness (QED) is 0.491. The van der Waals surface area contributed by atoms with Crippen molar-refractivity contribution >= 4 is 5.71 Å². The van der Waals surface area contributed by atoms with Crippen LogP contribution in [0.1, 0.15) is 33.1 Å². The molecular formula is C7H13N. The molecule has 0 aliphatic carbocycles. The van der Waals surface area contributed by atoms with Gasteiger partial charge in [0.1, 0.15) is 0 Å². The average molecular weight is 111 g/mol. The maximum atomic E-state index is 4.42. The van der Waals surface area contributed by atoms with E-state index in [2.05, 4.69) is 18.8 Å². The van der Waals surface area contributed by atoms with Crippen molar-refractivity contribution in [2.24, 2.45) is 4.99 Å². The predicted octanol–water partition coefficient (Wildman–Crippen LogP) is 2.02. The van der Waals surface area contributed by atoms with Gasteiger partial charge in [0.2, 0.25) is 0 Å². The highest BCUT2D eigenvalue weighted by Crippen LogP contribution is 2.13. The SMILES string of the molecule is CCC1=N[C@@H](C)CC1. The molecule has 0 bridgehead atoms. The molecule has 0 aromatic carbocycles. The molecule has 1 heterocycles. The van der Waals surface area contributed by atoms with Crippen molar-refractivity contribution < 1.29 is 0 Å². The van der Waals surface area contributed by atoms with Crippen molar-refractivity contribution in [2.75, 3.05) is 0 Å². The van der Waals surface area contributed by atoms with Crippen molar-refractivity contribution in [3.05, 3.63) is 0 Å². The molecule has 0 spiro atoms. The zero-order chi connectivity index (χ0) is 5.98. The van der Waals surface area contributed by atoms with E-state index in [0.717, 1.165) is 6.42 Å². The largest absolute Gasteiger partial charge is 0.291 e. The molecule has 8 heavy (non-hydrogen) atoms. The molecule has 46 valence electrons. The molecule has 0 saturated carbocycles. The Kier molecular flexibility index (Phi) is 1.66. The van der Waals surface area contributed by atoms with Crippen LogP contribution in [0.3, 0.4) is 0 Å². The first-order valence-electron chi connectivity index (χ1n) is 3.38. The van der Waals surface area contributed by atoms with Gasteiger partial charge in [-0.25, -0.2) is 0 Å². The summed E-state index contributed by atoms with van der Waals surface area (Å²) >= 11 is 0. The first-order chi connectivity index (χ1) is 3.83. The Morgan fingerprint density at radius 1 is 1.75 bits per heavy atom. The monoisotopic (exact) mass is 111 g/mol. The van der Waals surface area contributed by atoms with E-state index in [1.165, 1.54) is 18.6 Å². The van der Waals surface area contributed by atoms with Crippen LogP contribution in [-0.4, -0.2) is 11.8 Å². The normalized spacial score (nSPS) is 28.2. The average Bonchev–Trinajstić information content (AvgIpc) is 2.14. The fourth-order valence-corrected chi connectivity index (χ4v) is 1.08. The molecule has 0 radical (unpaired) electrons. The molecule has 1 heteroatoms. The van der Waals surface area contributed by atoms with Gasteiger partial charge in [0, 0.05) is 11.8 Å². The summed E-state index contributed by atoms with van der Waals surface area (Å²) in [6.07, 6.45) is 3.69. The van der Waals surface area contributed by atoms with Gasteiger partial charge in [-0.2, -0.15) is 0 Å². The lowest BCUT2D eigenvalue weighted by Crippen LogP contribution is -1.86. The second kappa shape index (κ2) is 2.29. The Morgan fingerprint density at radius 3 is 2.75 bits per heavy atom. The second-order valence-corrected chi connectivity index (χ2v) is 2.44. The van der Waals surface area contributed by atoms with E-state index >= 15 is 0 Å². The minimum absolute atomic E-state index is 0.616. The van der Waals surface area contributed by atoms with Crippen molar-refractivity contribution in [1.29, 1.82) is 0 Å². The highest BCUT2D eigenvalue weighted by molar-refractivity contribution is 5.85. The van der Waals surface area contributed by atoms with Crippen molar-refractivity contribution in [2.45, 2.75) is 39.2 Å². The summed E-state index contributed by atoms with van der Waals surface area (Å²) in [5.41, 5.74) is 1.41. The van der Waals surface area contributed by atoms with E-state index in [-0.39, 0.29) is 0 Å². The summed E-state index contributed by atoms with van der Waals surface area (Å²) in [6, 6.07) is 0.616. The topological polar surface area (TPSA) is 12.4 Å². The molecule has 0 saturated heterocycles. The van der Waals surface area contributed by atoms with E-state index in [0.29, 0.717) is 6.04 Å². The fourth-order valence-electron chi connectivity index (χ4n) is 1.08. The lowest BCUT2D eigenvalue weighted by molar-refractivity contribution is 0.739. The van der Waals surface area contributed by atoms with Crippen LogP contribution in [0.5, 0.6) is 0 Å². The Balaban J connectivity index is 2.44. The minimum atomic E-state index is 0.616. The van der Waals surface area contributed by atoms with Crippen molar-refractivity contribution in [3.8, 4) is 0 Å². The Bertz CT molecular complexity index is 105. The summed E-state index contributed by atoms with van der Waals surface area (Å²) in [7, 11) is 0. The molecular weight excluding hydrogens is 98.1 g/mol. The van der Waals surface area contributed by atoms with Gasteiger partial charge in [-0.3, -0.25) is 4.99 Å². The first-order valence-corrected chi connectivity index (χ1v) is 3.38. The molecule has 0 fully saturated rings.